The van der Waals surface area contributed by atoms with Gasteiger partial charge in [-0.2, -0.15) is 0 Å². The Hall–Kier alpha value is -5.31. The molecule has 2 aliphatic carbocycles. The van der Waals surface area contributed by atoms with Crippen molar-refractivity contribution in [2.45, 2.75) is 59.9 Å². The SMILES string of the molecule is C/C=C1/C=CC=CC1.C=Cc1ccccc1C(=N)c1ccccc1C.CC.CC1(C)c2ccccc2-c2ccc(-c3ccccc3CN)cc21. The Balaban J connectivity index is 0.000000182. The molecule has 7 rings (SSSR count). The largest absolute Gasteiger partial charge is 0.326 e. The van der Waals surface area contributed by atoms with Crippen molar-refractivity contribution in [2.75, 3.05) is 0 Å². The first-order valence-corrected chi connectivity index (χ1v) is 17.7. The van der Waals surface area contributed by atoms with Crippen LogP contribution < -0.4 is 5.73 Å². The van der Waals surface area contributed by atoms with Crippen LogP contribution >= 0.6 is 0 Å². The number of hydrogen-bond acceptors (Lipinski definition) is 2. The summed E-state index contributed by atoms with van der Waals surface area (Å²) in [4.78, 5) is 0. The second-order valence-corrected chi connectivity index (χ2v) is 12.6. The quantitative estimate of drug-likeness (QED) is 0.182. The van der Waals surface area contributed by atoms with Crippen LogP contribution in [0, 0.1) is 12.3 Å². The van der Waals surface area contributed by atoms with E-state index in [2.05, 4.69) is 124 Å². The molecule has 2 nitrogen and oxygen atoms in total. The minimum Gasteiger partial charge on any atom is -0.326 e. The van der Waals surface area contributed by atoms with E-state index >= 15 is 0 Å². The number of aryl methyl sites for hydroxylation is 1. The van der Waals surface area contributed by atoms with Crippen LogP contribution in [0.15, 0.2) is 158 Å². The van der Waals surface area contributed by atoms with Crippen molar-refractivity contribution in [1.29, 1.82) is 5.41 Å². The smallest absolute Gasteiger partial charge is 0.0693 e. The van der Waals surface area contributed by atoms with Gasteiger partial charge in [-0.15, -0.1) is 0 Å². The first kappa shape index (κ1) is 37.5. The van der Waals surface area contributed by atoms with Gasteiger partial charge in [-0.3, -0.25) is 5.41 Å². The van der Waals surface area contributed by atoms with Gasteiger partial charge in [-0.1, -0.05) is 180 Å². The predicted octanol–water partition coefficient (Wildman–Crippen LogP) is 12.6. The van der Waals surface area contributed by atoms with Gasteiger partial charge >= 0.3 is 0 Å². The Labute approximate surface area is 301 Å². The number of allylic oxidation sites excluding steroid dienone is 6. The molecule has 3 N–H and O–H groups in total. The van der Waals surface area contributed by atoms with Crippen LogP contribution in [0.4, 0.5) is 0 Å². The summed E-state index contributed by atoms with van der Waals surface area (Å²) >= 11 is 0. The lowest BCUT2D eigenvalue weighted by atomic mass is 9.81. The summed E-state index contributed by atoms with van der Waals surface area (Å²) in [5.74, 6) is 0. The van der Waals surface area contributed by atoms with E-state index in [9.17, 15) is 0 Å². The maximum atomic E-state index is 8.31. The molecule has 0 amide bonds. The number of rotatable bonds is 5. The summed E-state index contributed by atoms with van der Waals surface area (Å²) in [7, 11) is 0. The van der Waals surface area contributed by atoms with Gasteiger partial charge in [0.15, 0.2) is 0 Å². The highest BCUT2D eigenvalue weighted by molar-refractivity contribution is 6.13. The van der Waals surface area contributed by atoms with Crippen molar-refractivity contribution < 1.29 is 0 Å². The van der Waals surface area contributed by atoms with Crippen LogP contribution in [-0.4, -0.2) is 5.71 Å². The molecule has 0 spiro atoms. The normalized spacial score (nSPS) is 13.7. The van der Waals surface area contributed by atoms with Crippen LogP contribution in [0.2, 0.25) is 0 Å². The minimum atomic E-state index is 0.0413. The Morgan fingerprint density at radius 3 is 2.02 bits per heavy atom. The van der Waals surface area contributed by atoms with Crippen molar-refractivity contribution >= 4 is 11.8 Å². The van der Waals surface area contributed by atoms with Crippen LogP contribution in [0.25, 0.3) is 28.3 Å². The van der Waals surface area contributed by atoms with Crippen LogP contribution in [-0.2, 0) is 12.0 Å². The highest BCUT2D eigenvalue weighted by atomic mass is 14.5. The van der Waals surface area contributed by atoms with Crippen molar-refractivity contribution in [3.8, 4) is 22.3 Å². The van der Waals surface area contributed by atoms with Crippen molar-refractivity contribution in [2.24, 2.45) is 5.73 Å². The first-order chi connectivity index (χ1) is 24.3. The van der Waals surface area contributed by atoms with E-state index in [4.69, 9.17) is 11.1 Å². The molecule has 2 aliphatic rings. The molecule has 5 aromatic carbocycles. The average Bonchev–Trinajstić information content (AvgIpc) is 3.41. The van der Waals surface area contributed by atoms with E-state index in [0.717, 1.165) is 28.7 Å². The molecule has 50 heavy (non-hydrogen) atoms. The third-order valence-electron chi connectivity index (χ3n) is 9.28. The van der Waals surface area contributed by atoms with Gasteiger partial charge < -0.3 is 5.73 Å². The Kier molecular flexibility index (Phi) is 13.4. The molecule has 0 fully saturated rings. The second-order valence-electron chi connectivity index (χ2n) is 12.6. The van der Waals surface area contributed by atoms with Crippen LogP contribution in [0.3, 0.4) is 0 Å². The molecule has 0 bridgehead atoms. The summed E-state index contributed by atoms with van der Waals surface area (Å²) in [6, 6.07) is 39.8. The molecular weight excluding hydrogens is 605 g/mol. The molecule has 0 aromatic heterocycles. The van der Waals surface area contributed by atoms with E-state index in [0.29, 0.717) is 12.3 Å². The fourth-order valence-electron chi connectivity index (χ4n) is 6.50. The van der Waals surface area contributed by atoms with Crippen molar-refractivity contribution in [3.63, 3.8) is 0 Å². The van der Waals surface area contributed by atoms with Gasteiger partial charge in [0.05, 0.1) is 5.71 Å². The van der Waals surface area contributed by atoms with E-state index in [-0.39, 0.29) is 5.41 Å². The zero-order chi connectivity index (χ0) is 36.1. The third kappa shape index (κ3) is 8.45. The van der Waals surface area contributed by atoms with Crippen LogP contribution in [0.5, 0.6) is 0 Å². The topological polar surface area (TPSA) is 49.9 Å². The summed E-state index contributed by atoms with van der Waals surface area (Å²) in [6.45, 7) is 17.1. The lowest BCUT2D eigenvalue weighted by Gasteiger charge is -2.22. The molecular formula is C48H52N2. The van der Waals surface area contributed by atoms with Crippen molar-refractivity contribution in [1.82, 2.24) is 0 Å². The van der Waals surface area contributed by atoms with E-state index < -0.39 is 0 Å². The molecule has 0 heterocycles. The standard InChI is InChI=1S/C22H21N.C16H15N.C8H10.C2H6/c1-22(2)20-10-6-5-9-18(20)19-12-11-15(13-21(19)22)17-8-4-3-7-16(17)14-23;1-3-13-9-5-7-11-15(13)16(17)14-10-6-4-8-12(14)2;1-2-8-6-4-3-5-7-8;1-2/h3-13H,14,23H2,1-2H3;3-11,17H,1H2,2H3;2-6H,7H2,1H3;1-2H3/b;;8-2-;. The van der Waals surface area contributed by atoms with Gasteiger partial charge in [-0.25, -0.2) is 0 Å². The molecule has 254 valence electrons. The molecule has 0 saturated carbocycles. The number of fused-ring (bicyclic) bond motifs is 3. The fraction of sp³-hybridized carbons (Fsp3) is 0.188. The summed E-state index contributed by atoms with van der Waals surface area (Å²) in [6.07, 6.45) is 13.5. The van der Waals surface area contributed by atoms with Gasteiger partial charge in [0.2, 0.25) is 0 Å². The second kappa shape index (κ2) is 17.9. The maximum absolute atomic E-state index is 8.31. The van der Waals surface area contributed by atoms with Crippen LogP contribution in [0.1, 0.15) is 80.0 Å². The number of benzene rings is 5. The molecule has 0 unspecified atom stereocenters. The first-order valence-electron chi connectivity index (χ1n) is 17.7. The number of nitrogens with two attached hydrogens (primary N) is 1. The van der Waals surface area contributed by atoms with Gasteiger partial charge in [0, 0.05) is 23.1 Å². The predicted molar refractivity (Wildman–Crippen MR) is 219 cm³/mol. The van der Waals surface area contributed by atoms with Crippen molar-refractivity contribution in [3.05, 3.63) is 197 Å². The molecule has 0 atom stereocenters. The zero-order valence-corrected chi connectivity index (χ0v) is 30.6. The lowest BCUT2D eigenvalue weighted by molar-refractivity contribution is 0.660. The number of nitrogens with one attached hydrogen (secondary N) is 1. The third-order valence-corrected chi connectivity index (χ3v) is 9.28. The Morgan fingerprint density at radius 1 is 0.760 bits per heavy atom. The molecule has 0 aliphatic heterocycles. The molecule has 0 radical (unpaired) electrons. The van der Waals surface area contributed by atoms with E-state index in [1.54, 1.807) is 6.08 Å². The highest BCUT2D eigenvalue weighted by Gasteiger charge is 2.35. The minimum absolute atomic E-state index is 0.0413. The van der Waals surface area contributed by atoms with Gasteiger partial charge in [-0.05, 0) is 82.0 Å². The Morgan fingerprint density at radius 2 is 1.38 bits per heavy atom. The Bertz CT molecular complexity index is 2020. The van der Waals surface area contributed by atoms with E-state index in [1.807, 2.05) is 69.3 Å². The van der Waals surface area contributed by atoms with Gasteiger partial charge in [0.1, 0.15) is 0 Å². The summed E-state index contributed by atoms with van der Waals surface area (Å²) in [5, 5.41) is 8.31. The molecule has 2 heteroatoms. The van der Waals surface area contributed by atoms with Gasteiger partial charge in [0.25, 0.3) is 0 Å². The molecule has 0 saturated heterocycles. The molecule has 5 aromatic rings. The summed E-state index contributed by atoms with van der Waals surface area (Å²) in [5.41, 5.74) is 21.2. The number of hydrogen-bond donors (Lipinski definition) is 2. The monoisotopic (exact) mass is 656 g/mol. The fourth-order valence-corrected chi connectivity index (χ4v) is 6.50. The maximum Gasteiger partial charge on any atom is 0.0693 e. The summed E-state index contributed by atoms with van der Waals surface area (Å²) < 4.78 is 0. The lowest BCUT2D eigenvalue weighted by Crippen LogP contribution is -2.15. The van der Waals surface area contributed by atoms with E-state index in [1.165, 1.54) is 44.5 Å². The zero-order valence-electron chi connectivity index (χ0n) is 30.6. The average molecular weight is 657 g/mol. The highest BCUT2D eigenvalue weighted by Crippen LogP contribution is 2.49.